The van der Waals surface area contributed by atoms with Gasteiger partial charge in [-0.3, -0.25) is 0 Å². The van der Waals surface area contributed by atoms with E-state index in [-0.39, 0.29) is 23.4 Å². The van der Waals surface area contributed by atoms with Gasteiger partial charge in [-0.2, -0.15) is 5.10 Å². The number of aromatic nitrogens is 3. The summed E-state index contributed by atoms with van der Waals surface area (Å²) in [6, 6.07) is 6.19. The molecule has 6 nitrogen and oxygen atoms in total. The molecule has 0 spiro atoms. The van der Waals surface area contributed by atoms with E-state index in [0.717, 1.165) is 18.7 Å². The van der Waals surface area contributed by atoms with Gasteiger partial charge in [0.25, 0.3) is 0 Å². The lowest BCUT2D eigenvalue weighted by atomic mass is 10.00. The van der Waals surface area contributed by atoms with Gasteiger partial charge in [-0.05, 0) is 37.0 Å². The number of hydrogen-bond acceptors (Lipinski definition) is 5. The van der Waals surface area contributed by atoms with Crippen LogP contribution in [0.1, 0.15) is 30.4 Å². The summed E-state index contributed by atoms with van der Waals surface area (Å²) in [6.07, 6.45) is 3.85. The normalized spacial score (nSPS) is 22.7. The van der Waals surface area contributed by atoms with Crippen LogP contribution in [0, 0.1) is 11.7 Å². The van der Waals surface area contributed by atoms with Crippen LogP contribution >= 0.6 is 0 Å². The molecule has 3 heterocycles. The Bertz CT molecular complexity index is 933. The fourth-order valence-corrected chi connectivity index (χ4v) is 4.84. The highest BCUT2D eigenvalue weighted by Gasteiger charge is 2.27. The molecule has 26 heavy (non-hydrogen) atoms. The molecule has 2 aliphatic rings. The minimum atomic E-state index is -3.13. The second-order valence-corrected chi connectivity index (χ2v) is 8.72. The van der Waals surface area contributed by atoms with Gasteiger partial charge in [0.05, 0.1) is 11.4 Å². The zero-order valence-corrected chi connectivity index (χ0v) is 15.0. The van der Waals surface area contributed by atoms with Gasteiger partial charge < -0.3 is 4.74 Å². The Kier molecular flexibility index (Phi) is 4.62. The second-order valence-electron chi connectivity index (χ2n) is 6.79. The number of ether oxygens (including phenoxy) is 1. The summed E-state index contributed by atoms with van der Waals surface area (Å²) >= 11 is 0. The second kappa shape index (κ2) is 6.92. The van der Waals surface area contributed by atoms with Crippen molar-refractivity contribution in [2.45, 2.75) is 25.2 Å². The highest BCUT2D eigenvalue weighted by molar-refractivity contribution is 7.94. The van der Waals surface area contributed by atoms with Gasteiger partial charge in [0.2, 0.25) is 0 Å². The van der Waals surface area contributed by atoms with Crippen LogP contribution in [-0.4, -0.2) is 42.1 Å². The summed E-state index contributed by atoms with van der Waals surface area (Å²) in [7, 11) is -3.13. The lowest BCUT2D eigenvalue weighted by molar-refractivity contribution is 0.0836. The van der Waals surface area contributed by atoms with E-state index in [2.05, 4.69) is 5.10 Å². The Morgan fingerprint density at radius 3 is 2.77 bits per heavy atom. The van der Waals surface area contributed by atoms with Gasteiger partial charge >= 0.3 is 0 Å². The summed E-state index contributed by atoms with van der Waals surface area (Å²) in [5.74, 6) is 1.18. The summed E-state index contributed by atoms with van der Waals surface area (Å²) < 4.78 is 44.1. The molecule has 1 atom stereocenters. The zero-order valence-electron chi connectivity index (χ0n) is 14.2. The van der Waals surface area contributed by atoms with Gasteiger partial charge in [-0.1, -0.05) is 12.1 Å². The first kappa shape index (κ1) is 17.4. The van der Waals surface area contributed by atoms with E-state index in [1.165, 1.54) is 17.5 Å². The molecule has 8 heteroatoms. The molecule has 1 aromatic heterocycles. The number of hydrogen-bond donors (Lipinski definition) is 0. The van der Waals surface area contributed by atoms with Gasteiger partial charge in [0.15, 0.2) is 15.7 Å². The summed E-state index contributed by atoms with van der Waals surface area (Å²) in [4.78, 5) is 4.70. The average Bonchev–Trinajstić information content (AvgIpc) is 3.19. The van der Waals surface area contributed by atoms with E-state index in [1.807, 2.05) is 0 Å². The van der Waals surface area contributed by atoms with Crippen molar-refractivity contribution in [2.75, 3.05) is 19.0 Å². The van der Waals surface area contributed by atoms with E-state index in [4.69, 9.17) is 9.72 Å². The SMILES string of the molecule is O=S1(=O)C=C[C@@H](Cc2nc(C3CCOCC3)nn2-c2cccc(F)c2)C1. The minimum Gasteiger partial charge on any atom is -0.381 e. The maximum atomic E-state index is 13.7. The van der Waals surface area contributed by atoms with Crippen molar-refractivity contribution in [3.05, 3.63) is 53.2 Å². The molecule has 4 rings (SSSR count). The zero-order chi connectivity index (χ0) is 18.1. The lowest BCUT2D eigenvalue weighted by Crippen LogP contribution is -2.15. The molecule has 138 valence electrons. The van der Waals surface area contributed by atoms with Gasteiger partial charge in [0, 0.05) is 31.0 Å². The van der Waals surface area contributed by atoms with Crippen molar-refractivity contribution in [1.82, 2.24) is 14.8 Å². The van der Waals surface area contributed by atoms with Crippen molar-refractivity contribution >= 4 is 9.84 Å². The predicted octanol–water partition coefficient (Wildman–Crippen LogP) is 2.40. The van der Waals surface area contributed by atoms with Gasteiger partial charge in [0.1, 0.15) is 11.6 Å². The largest absolute Gasteiger partial charge is 0.381 e. The van der Waals surface area contributed by atoms with Crippen LogP contribution in [0.3, 0.4) is 0 Å². The van der Waals surface area contributed by atoms with E-state index in [0.29, 0.717) is 31.1 Å². The Morgan fingerprint density at radius 2 is 2.08 bits per heavy atom. The molecule has 0 unspecified atom stereocenters. The number of allylic oxidation sites excluding steroid dienone is 1. The number of benzene rings is 1. The van der Waals surface area contributed by atoms with E-state index < -0.39 is 9.84 Å². The minimum absolute atomic E-state index is 0.0790. The topological polar surface area (TPSA) is 74.1 Å². The first-order valence-corrected chi connectivity index (χ1v) is 10.4. The van der Waals surface area contributed by atoms with Crippen LogP contribution in [0.2, 0.25) is 0 Å². The van der Waals surface area contributed by atoms with Gasteiger partial charge in [-0.25, -0.2) is 22.5 Å². The van der Waals surface area contributed by atoms with Crippen LogP contribution in [0.4, 0.5) is 4.39 Å². The molecular formula is C18H20FN3O3S. The quantitative estimate of drug-likeness (QED) is 0.818. The fourth-order valence-electron chi connectivity index (χ4n) is 3.44. The van der Waals surface area contributed by atoms with Crippen LogP contribution in [0.25, 0.3) is 5.69 Å². The molecule has 0 saturated carbocycles. The van der Waals surface area contributed by atoms with Crippen LogP contribution in [0.15, 0.2) is 35.7 Å². The van der Waals surface area contributed by atoms with Crippen molar-refractivity contribution in [2.24, 2.45) is 5.92 Å². The van der Waals surface area contributed by atoms with Crippen LogP contribution in [0.5, 0.6) is 0 Å². The van der Waals surface area contributed by atoms with Crippen molar-refractivity contribution in [3.63, 3.8) is 0 Å². The van der Waals surface area contributed by atoms with Crippen LogP contribution in [-0.2, 0) is 21.0 Å². The van der Waals surface area contributed by atoms with Crippen molar-refractivity contribution in [3.8, 4) is 5.69 Å². The lowest BCUT2D eigenvalue weighted by Gasteiger charge is -2.18. The van der Waals surface area contributed by atoms with Gasteiger partial charge in [-0.15, -0.1) is 0 Å². The molecule has 0 bridgehead atoms. The molecular weight excluding hydrogens is 357 g/mol. The summed E-state index contributed by atoms with van der Waals surface area (Å²) in [6.45, 7) is 1.36. The molecule has 1 saturated heterocycles. The molecule has 0 aliphatic carbocycles. The predicted molar refractivity (Wildman–Crippen MR) is 94.2 cm³/mol. The molecule has 0 radical (unpaired) electrons. The Labute approximate surface area is 151 Å². The van der Waals surface area contributed by atoms with Crippen molar-refractivity contribution < 1.29 is 17.5 Å². The maximum absolute atomic E-state index is 13.7. The smallest absolute Gasteiger partial charge is 0.171 e. The van der Waals surface area contributed by atoms with Crippen molar-refractivity contribution in [1.29, 1.82) is 0 Å². The standard InChI is InChI=1S/C18H20FN3O3S/c19-15-2-1-3-16(11-15)22-17(10-13-6-9-26(23,24)12-13)20-18(21-22)14-4-7-25-8-5-14/h1-3,6,9,11,13-14H,4-5,7-8,10,12H2/t13-/m0/s1. The molecule has 1 aromatic carbocycles. The highest BCUT2D eigenvalue weighted by atomic mass is 32.2. The summed E-state index contributed by atoms with van der Waals surface area (Å²) in [5, 5.41) is 5.90. The Balaban J connectivity index is 1.68. The third-order valence-corrected chi connectivity index (χ3v) is 6.24. The van der Waals surface area contributed by atoms with Crippen LogP contribution < -0.4 is 0 Å². The number of halogens is 1. The van der Waals surface area contributed by atoms with E-state index in [1.54, 1.807) is 22.9 Å². The third-order valence-electron chi connectivity index (χ3n) is 4.78. The molecule has 0 amide bonds. The first-order valence-electron chi connectivity index (χ1n) is 8.71. The monoisotopic (exact) mass is 377 g/mol. The van der Waals surface area contributed by atoms with E-state index in [9.17, 15) is 12.8 Å². The Morgan fingerprint density at radius 1 is 1.27 bits per heavy atom. The number of nitrogens with zero attached hydrogens (tertiary/aromatic N) is 3. The molecule has 1 fully saturated rings. The number of sulfone groups is 1. The molecule has 0 N–H and O–H groups in total. The van der Waals surface area contributed by atoms with E-state index >= 15 is 0 Å². The molecule has 2 aromatic rings. The first-order chi connectivity index (χ1) is 12.5. The average molecular weight is 377 g/mol. The number of rotatable bonds is 4. The highest BCUT2D eigenvalue weighted by Crippen LogP contribution is 2.27. The summed E-state index contributed by atoms with van der Waals surface area (Å²) in [5.41, 5.74) is 0.593. The Hall–Kier alpha value is -2.06. The maximum Gasteiger partial charge on any atom is 0.171 e. The fraction of sp³-hybridized carbons (Fsp3) is 0.444. The third kappa shape index (κ3) is 3.71. The molecule has 2 aliphatic heterocycles.